The molecule has 0 bridgehead atoms. The van der Waals surface area contributed by atoms with Crippen LogP contribution in [0.2, 0.25) is 0 Å². The van der Waals surface area contributed by atoms with Gasteiger partial charge in [0.1, 0.15) is 12.8 Å². The molecule has 2 unspecified atom stereocenters. The Labute approximate surface area is 96.9 Å². The van der Waals surface area contributed by atoms with Crippen molar-refractivity contribution in [3.63, 3.8) is 0 Å². The summed E-state index contributed by atoms with van der Waals surface area (Å²) in [5, 5.41) is 6.64. The van der Waals surface area contributed by atoms with Gasteiger partial charge in [-0.1, -0.05) is 13.8 Å². The topological polar surface area (TPSA) is 59.6 Å². The van der Waals surface area contributed by atoms with Gasteiger partial charge >= 0.3 is 5.97 Å². The molecular weight excluding hydrogens is 208 g/mol. The summed E-state index contributed by atoms with van der Waals surface area (Å²) in [5.74, 6) is 0.286. The Morgan fingerprint density at radius 2 is 2.12 bits per heavy atom. The number of piperazine rings is 1. The van der Waals surface area contributed by atoms with Gasteiger partial charge in [-0.25, -0.2) is 4.79 Å². The molecule has 1 aliphatic heterocycles. The molecular formula is C11H22N2O3. The maximum absolute atomic E-state index is 11.1. The highest BCUT2D eigenvalue weighted by Crippen LogP contribution is 2.05. The summed E-state index contributed by atoms with van der Waals surface area (Å²) < 4.78 is 10.2. The summed E-state index contributed by atoms with van der Waals surface area (Å²) in [6, 6.07) is 0.474. The van der Waals surface area contributed by atoms with Crippen LogP contribution in [-0.2, 0) is 14.3 Å². The third-order valence-corrected chi connectivity index (χ3v) is 2.64. The number of nitrogens with one attached hydrogen (secondary N) is 2. The van der Waals surface area contributed by atoms with Gasteiger partial charge in [0.15, 0.2) is 0 Å². The number of rotatable bonds is 5. The summed E-state index contributed by atoms with van der Waals surface area (Å²) in [6.07, 6.45) is -0.0978. The fourth-order valence-electron chi connectivity index (χ4n) is 1.62. The monoisotopic (exact) mass is 230 g/mol. The van der Waals surface area contributed by atoms with Crippen LogP contribution >= 0.6 is 0 Å². The zero-order valence-electron chi connectivity index (χ0n) is 10.3. The fraction of sp³-hybridized carbons (Fsp3) is 0.909. The van der Waals surface area contributed by atoms with Crippen molar-refractivity contribution in [1.82, 2.24) is 10.6 Å². The van der Waals surface area contributed by atoms with Crippen LogP contribution in [0.1, 0.15) is 20.8 Å². The number of hydrogen-bond donors (Lipinski definition) is 2. The number of carbonyl (C=O) groups is 1. The molecule has 0 aliphatic carbocycles. The number of ether oxygens (including phenoxy) is 2. The Bertz CT molecular complexity index is 213. The average Bonchev–Trinajstić information content (AvgIpc) is 2.27. The largest absolute Gasteiger partial charge is 0.464 e. The Morgan fingerprint density at radius 1 is 1.38 bits per heavy atom. The molecule has 1 aliphatic rings. The van der Waals surface area contributed by atoms with Crippen LogP contribution in [0.15, 0.2) is 0 Å². The molecule has 1 fully saturated rings. The Balaban J connectivity index is 2.15. The van der Waals surface area contributed by atoms with Crippen molar-refractivity contribution >= 4 is 5.97 Å². The molecule has 1 heterocycles. The van der Waals surface area contributed by atoms with E-state index in [-0.39, 0.29) is 18.8 Å². The van der Waals surface area contributed by atoms with Crippen LogP contribution in [-0.4, -0.2) is 44.5 Å². The molecule has 2 atom stereocenters. The Kier molecular flexibility index (Phi) is 5.73. The molecule has 0 saturated carbocycles. The predicted octanol–water partition coefficient (Wildman–Crippen LogP) is 0.110. The third-order valence-electron chi connectivity index (χ3n) is 2.64. The molecule has 0 aromatic heterocycles. The minimum atomic E-state index is -0.310. The van der Waals surface area contributed by atoms with Gasteiger partial charge in [-0.3, -0.25) is 5.32 Å². The van der Waals surface area contributed by atoms with Crippen molar-refractivity contribution in [2.75, 3.05) is 26.3 Å². The SMILES string of the molecule is CCOC(=O)COC1CNC(C(C)C)CN1. The van der Waals surface area contributed by atoms with Gasteiger partial charge in [0, 0.05) is 19.1 Å². The standard InChI is InChI=1S/C11H22N2O3/c1-4-15-11(14)7-16-10-6-12-9(5-13-10)8(2)3/h8-10,12-13H,4-7H2,1-3H3. The molecule has 94 valence electrons. The molecule has 0 amide bonds. The zero-order chi connectivity index (χ0) is 12.0. The van der Waals surface area contributed by atoms with E-state index in [4.69, 9.17) is 9.47 Å². The van der Waals surface area contributed by atoms with E-state index in [2.05, 4.69) is 24.5 Å². The van der Waals surface area contributed by atoms with Crippen LogP contribution in [0, 0.1) is 5.92 Å². The Morgan fingerprint density at radius 3 is 2.62 bits per heavy atom. The molecule has 0 spiro atoms. The summed E-state index contributed by atoms with van der Waals surface area (Å²) in [6.45, 7) is 8.14. The van der Waals surface area contributed by atoms with E-state index in [1.165, 1.54) is 0 Å². The predicted molar refractivity (Wildman–Crippen MR) is 61.0 cm³/mol. The average molecular weight is 230 g/mol. The normalized spacial score (nSPS) is 25.8. The lowest BCUT2D eigenvalue weighted by molar-refractivity contribution is -0.151. The van der Waals surface area contributed by atoms with E-state index in [1.807, 2.05) is 0 Å². The van der Waals surface area contributed by atoms with Crippen molar-refractivity contribution in [3.05, 3.63) is 0 Å². The van der Waals surface area contributed by atoms with Crippen molar-refractivity contribution in [1.29, 1.82) is 0 Å². The molecule has 1 rings (SSSR count). The zero-order valence-corrected chi connectivity index (χ0v) is 10.3. The van der Waals surface area contributed by atoms with Gasteiger partial charge < -0.3 is 14.8 Å². The van der Waals surface area contributed by atoms with Crippen LogP contribution < -0.4 is 10.6 Å². The van der Waals surface area contributed by atoms with Crippen molar-refractivity contribution < 1.29 is 14.3 Å². The second kappa shape index (κ2) is 6.83. The van der Waals surface area contributed by atoms with Gasteiger partial charge in [0.2, 0.25) is 0 Å². The summed E-state index contributed by atoms with van der Waals surface area (Å²) >= 11 is 0. The first-order valence-electron chi connectivity index (χ1n) is 5.87. The molecule has 5 heteroatoms. The van der Waals surface area contributed by atoms with Gasteiger partial charge in [-0.15, -0.1) is 0 Å². The molecule has 0 aromatic carbocycles. The molecule has 1 saturated heterocycles. The van der Waals surface area contributed by atoms with Crippen LogP contribution in [0.4, 0.5) is 0 Å². The summed E-state index contributed by atoms with van der Waals surface area (Å²) in [7, 11) is 0. The van der Waals surface area contributed by atoms with E-state index in [9.17, 15) is 4.79 Å². The van der Waals surface area contributed by atoms with E-state index in [0.29, 0.717) is 18.6 Å². The number of carbonyl (C=O) groups excluding carboxylic acids is 1. The van der Waals surface area contributed by atoms with E-state index >= 15 is 0 Å². The highest BCUT2D eigenvalue weighted by Gasteiger charge is 2.22. The van der Waals surface area contributed by atoms with E-state index in [0.717, 1.165) is 13.1 Å². The maximum Gasteiger partial charge on any atom is 0.332 e. The molecule has 16 heavy (non-hydrogen) atoms. The van der Waals surface area contributed by atoms with Crippen molar-refractivity contribution in [2.24, 2.45) is 5.92 Å². The minimum absolute atomic E-state index is 0.0134. The first-order chi connectivity index (χ1) is 7.63. The van der Waals surface area contributed by atoms with Gasteiger partial charge in [-0.2, -0.15) is 0 Å². The maximum atomic E-state index is 11.1. The fourth-order valence-corrected chi connectivity index (χ4v) is 1.62. The van der Waals surface area contributed by atoms with Gasteiger partial charge in [0.05, 0.1) is 6.61 Å². The van der Waals surface area contributed by atoms with Gasteiger partial charge in [-0.05, 0) is 12.8 Å². The van der Waals surface area contributed by atoms with E-state index < -0.39 is 0 Å². The summed E-state index contributed by atoms with van der Waals surface area (Å²) in [4.78, 5) is 11.1. The van der Waals surface area contributed by atoms with Gasteiger partial charge in [0.25, 0.3) is 0 Å². The summed E-state index contributed by atoms with van der Waals surface area (Å²) in [5.41, 5.74) is 0. The number of hydrogen-bond acceptors (Lipinski definition) is 5. The Hall–Kier alpha value is -0.650. The second-order valence-electron chi connectivity index (χ2n) is 4.27. The molecule has 0 radical (unpaired) electrons. The first-order valence-corrected chi connectivity index (χ1v) is 5.87. The number of esters is 1. The minimum Gasteiger partial charge on any atom is -0.464 e. The lowest BCUT2D eigenvalue weighted by Gasteiger charge is -2.33. The molecule has 0 aromatic rings. The van der Waals surface area contributed by atoms with Crippen molar-refractivity contribution in [3.8, 4) is 0 Å². The quantitative estimate of drug-likeness (QED) is 0.656. The lowest BCUT2D eigenvalue weighted by Crippen LogP contribution is -2.57. The van der Waals surface area contributed by atoms with Crippen LogP contribution in [0.3, 0.4) is 0 Å². The molecule has 2 N–H and O–H groups in total. The second-order valence-corrected chi connectivity index (χ2v) is 4.27. The smallest absolute Gasteiger partial charge is 0.332 e. The highest BCUT2D eigenvalue weighted by molar-refractivity contribution is 5.70. The van der Waals surface area contributed by atoms with Crippen LogP contribution in [0.25, 0.3) is 0 Å². The lowest BCUT2D eigenvalue weighted by atomic mass is 10.0. The van der Waals surface area contributed by atoms with Crippen molar-refractivity contribution in [2.45, 2.75) is 33.0 Å². The van der Waals surface area contributed by atoms with Crippen LogP contribution in [0.5, 0.6) is 0 Å². The first kappa shape index (κ1) is 13.4. The third kappa shape index (κ3) is 4.47. The molecule has 5 nitrogen and oxygen atoms in total. The highest BCUT2D eigenvalue weighted by atomic mass is 16.6. The van der Waals surface area contributed by atoms with E-state index in [1.54, 1.807) is 6.92 Å².